The van der Waals surface area contributed by atoms with Gasteiger partial charge < -0.3 is 19.7 Å². The van der Waals surface area contributed by atoms with E-state index in [1.54, 1.807) is 72.6 Å². The molecule has 9 nitrogen and oxygen atoms in total. The lowest BCUT2D eigenvalue weighted by Gasteiger charge is -2.24. The number of rotatable bonds is 9. The molecule has 0 saturated heterocycles. The van der Waals surface area contributed by atoms with Crippen LogP contribution in [0, 0.1) is 12.7 Å². The van der Waals surface area contributed by atoms with Crippen molar-refractivity contribution in [3.05, 3.63) is 96.3 Å². The van der Waals surface area contributed by atoms with Gasteiger partial charge in [-0.15, -0.1) is 0 Å². The Morgan fingerprint density at radius 1 is 0.780 bits per heavy atom. The molecule has 0 aliphatic rings. The van der Waals surface area contributed by atoms with Crippen LogP contribution in [0.5, 0.6) is 11.5 Å². The summed E-state index contributed by atoms with van der Waals surface area (Å²) in [6.45, 7) is 1.83. The number of benzene rings is 4. The number of anilines is 5. The number of hydrogen-bond acceptors (Lipinski definition) is 8. The molecule has 1 aromatic heterocycles. The van der Waals surface area contributed by atoms with E-state index in [2.05, 4.69) is 20.0 Å². The number of nitrogens with zero attached hydrogens (tertiary/aromatic N) is 3. The van der Waals surface area contributed by atoms with E-state index < -0.39 is 15.8 Å². The smallest absolute Gasteiger partial charge is 0.265 e. The zero-order chi connectivity index (χ0) is 29.1. The van der Waals surface area contributed by atoms with Crippen molar-refractivity contribution in [3.8, 4) is 11.5 Å². The minimum atomic E-state index is -4.21. The molecule has 5 rings (SSSR count). The third kappa shape index (κ3) is 5.85. The zero-order valence-corrected chi connectivity index (χ0v) is 23.7. The van der Waals surface area contributed by atoms with Crippen LogP contribution in [0.25, 0.3) is 11.0 Å². The molecule has 0 amide bonds. The SMILES string of the molecule is COc1cc(Nc2nc3ccccc3nc2NS(=O)(=O)c2ccccc2N(C)c2cc(F)ccc2C)cc(OC)c1. The maximum Gasteiger partial charge on any atom is 0.265 e. The van der Waals surface area contributed by atoms with Crippen molar-refractivity contribution in [3.63, 3.8) is 0 Å². The molecule has 4 aromatic carbocycles. The van der Waals surface area contributed by atoms with Crippen LogP contribution in [-0.2, 0) is 10.0 Å². The number of ether oxygens (including phenoxy) is 2. The van der Waals surface area contributed by atoms with E-state index in [9.17, 15) is 12.8 Å². The first-order valence-electron chi connectivity index (χ1n) is 12.6. The number of nitrogens with one attached hydrogen (secondary N) is 2. The lowest BCUT2D eigenvalue weighted by atomic mass is 10.1. The molecule has 0 aliphatic carbocycles. The molecule has 1 heterocycles. The predicted octanol–water partition coefficient (Wildman–Crippen LogP) is 6.41. The highest BCUT2D eigenvalue weighted by atomic mass is 32.2. The summed E-state index contributed by atoms with van der Waals surface area (Å²) in [5.74, 6) is 0.811. The van der Waals surface area contributed by atoms with Crippen LogP contribution in [0.2, 0.25) is 0 Å². The first-order valence-corrected chi connectivity index (χ1v) is 14.1. The van der Waals surface area contributed by atoms with Gasteiger partial charge in [0.1, 0.15) is 22.2 Å². The quantitative estimate of drug-likeness (QED) is 0.209. The van der Waals surface area contributed by atoms with Gasteiger partial charge in [-0.25, -0.2) is 22.8 Å². The van der Waals surface area contributed by atoms with Gasteiger partial charge in [0.05, 0.1) is 30.9 Å². The summed E-state index contributed by atoms with van der Waals surface area (Å²) in [7, 11) is 0.554. The molecule has 0 aliphatic heterocycles. The van der Waals surface area contributed by atoms with E-state index >= 15 is 0 Å². The number of hydrogen-bond donors (Lipinski definition) is 2. The van der Waals surface area contributed by atoms with Gasteiger partial charge in [0.2, 0.25) is 0 Å². The van der Waals surface area contributed by atoms with E-state index in [-0.39, 0.29) is 16.5 Å². The molecule has 41 heavy (non-hydrogen) atoms. The van der Waals surface area contributed by atoms with Crippen LogP contribution in [0.4, 0.5) is 33.1 Å². The lowest BCUT2D eigenvalue weighted by Crippen LogP contribution is -2.20. The highest BCUT2D eigenvalue weighted by molar-refractivity contribution is 7.92. The lowest BCUT2D eigenvalue weighted by molar-refractivity contribution is 0.395. The summed E-state index contributed by atoms with van der Waals surface area (Å²) in [4.78, 5) is 10.9. The van der Waals surface area contributed by atoms with Gasteiger partial charge in [0, 0.05) is 36.6 Å². The average Bonchev–Trinajstić information content (AvgIpc) is 2.98. The first kappa shape index (κ1) is 27.7. The molecule has 0 fully saturated rings. The van der Waals surface area contributed by atoms with Gasteiger partial charge in [0.15, 0.2) is 11.6 Å². The van der Waals surface area contributed by atoms with E-state index in [4.69, 9.17) is 9.47 Å². The largest absolute Gasteiger partial charge is 0.497 e. The van der Waals surface area contributed by atoms with Crippen molar-refractivity contribution < 1.29 is 22.3 Å². The standard InChI is InChI=1S/C30H28FN5O4S/c1-19-13-14-20(31)15-27(19)36(2)26-11-7-8-12-28(26)41(37,38)35-30-29(33-24-9-5-6-10-25(24)34-30)32-21-16-22(39-3)18-23(17-21)40-4/h5-18H,1-4H3,(H,32,33)(H,34,35). The Morgan fingerprint density at radius 2 is 1.39 bits per heavy atom. The van der Waals surface area contributed by atoms with E-state index in [0.717, 1.165) is 5.56 Å². The number of aryl methyl sites for hydroxylation is 1. The molecular formula is C30H28FN5O4S. The van der Waals surface area contributed by atoms with Crippen LogP contribution in [0.1, 0.15) is 5.56 Å². The Kier molecular flexibility index (Phi) is 7.62. The number of halogens is 1. The Labute approximate surface area is 237 Å². The molecule has 0 atom stereocenters. The second-order valence-electron chi connectivity index (χ2n) is 9.20. The topological polar surface area (TPSA) is 106 Å². The molecule has 0 bridgehead atoms. The minimum Gasteiger partial charge on any atom is -0.497 e. The van der Waals surface area contributed by atoms with Gasteiger partial charge >= 0.3 is 0 Å². The number of aromatic nitrogens is 2. The second kappa shape index (κ2) is 11.3. The van der Waals surface area contributed by atoms with Gasteiger partial charge in [-0.05, 0) is 48.9 Å². The van der Waals surface area contributed by atoms with Crippen molar-refractivity contribution in [2.24, 2.45) is 0 Å². The molecule has 210 valence electrons. The fraction of sp³-hybridized carbons (Fsp3) is 0.133. The van der Waals surface area contributed by atoms with Crippen molar-refractivity contribution in [1.29, 1.82) is 0 Å². The summed E-state index contributed by atoms with van der Waals surface area (Å²) in [5.41, 5.74) is 3.29. The Balaban J connectivity index is 1.58. The third-order valence-electron chi connectivity index (χ3n) is 6.46. The minimum absolute atomic E-state index is 0.00937. The molecule has 0 spiro atoms. The van der Waals surface area contributed by atoms with Crippen molar-refractivity contribution in [2.75, 3.05) is 36.2 Å². The van der Waals surface area contributed by atoms with Crippen LogP contribution in [0.15, 0.2) is 89.8 Å². The zero-order valence-electron chi connectivity index (χ0n) is 22.8. The van der Waals surface area contributed by atoms with Crippen LogP contribution in [-0.4, -0.2) is 39.7 Å². The molecule has 0 unspecified atom stereocenters. The Morgan fingerprint density at radius 3 is 2.05 bits per heavy atom. The van der Waals surface area contributed by atoms with Crippen molar-refractivity contribution in [1.82, 2.24) is 9.97 Å². The number of para-hydroxylation sites is 3. The normalized spacial score (nSPS) is 11.2. The summed E-state index contributed by atoms with van der Waals surface area (Å²) in [5, 5.41) is 3.15. The third-order valence-corrected chi connectivity index (χ3v) is 7.85. The second-order valence-corrected chi connectivity index (χ2v) is 10.8. The molecule has 2 N–H and O–H groups in total. The average molecular weight is 574 g/mol. The molecule has 5 aromatic rings. The summed E-state index contributed by atoms with van der Waals surface area (Å²) in [6, 6.07) is 23.2. The molecular weight excluding hydrogens is 545 g/mol. The maximum absolute atomic E-state index is 14.1. The molecule has 11 heteroatoms. The fourth-order valence-electron chi connectivity index (χ4n) is 4.39. The van der Waals surface area contributed by atoms with Crippen molar-refractivity contribution >= 4 is 49.8 Å². The summed E-state index contributed by atoms with van der Waals surface area (Å²) < 4.78 is 55.3. The highest BCUT2D eigenvalue weighted by Crippen LogP contribution is 2.35. The molecule has 0 saturated carbocycles. The van der Waals surface area contributed by atoms with Gasteiger partial charge in [0.25, 0.3) is 10.0 Å². The van der Waals surface area contributed by atoms with Gasteiger partial charge in [-0.2, -0.15) is 0 Å². The monoisotopic (exact) mass is 573 g/mol. The van der Waals surface area contributed by atoms with Crippen LogP contribution in [0.3, 0.4) is 0 Å². The summed E-state index contributed by atoms with van der Waals surface area (Å²) >= 11 is 0. The number of methoxy groups -OCH3 is 2. The van der Waals surface area contributed by atoms with Gasteiger partial charge in [-0.3, -0.25) is 4.72 Å². The Hall–Kier alpha value is -4.90. The fourth-order valence-corrected chi connectivity index (χ4v) is 5.64. The summed E-state index contributed by atoms with van der Waals surface area (Å²) in [6.07, 6.45) is 0. The van der Waals surface area contributed by atoms with Crippen LogP contribution >= 0.6 is 0 Å². The van der Waals surface area contributed by atoms with Crippen LogP contribution < -0.4 is 24.4 Å². The molecule has 0 radical (unpaired) electrons. The predicted molar refractivity (Wildman–Crippen MR) is 159 cm³/mol. The number of sulfonamides is 1. The van der Waals surface area contributed by atoms with Crippen molar-refractivity contribution in [2.45, 2.75) is 11.8 Å². The maximum atomic E-state index is 14.1. The Bertz CT molecular complexity index is 1830. The van der Waals surface area contributed by atoms with Gasteiger partial charge in [-0.1, -0.05) is 30.3 Å². The first-order chi connectivity index (χ1) is 19.7. The highest BCUT2D eigenvalue weighted by Gasteiger charge is 2.24. The number of fused-ring (bicyclic) bond motifs is 1. The van der Waals surface area contributed by atoms with E-state index in [1.165, 1.54) is 32.4 Å². The van der Waals surface area contributed by atoms with E-state index in [0.29, 0.717) is 39.6 Å². The van der Waals surface area contributed by atoms with E-state index in [1.807, 2.05) is 13.0 Å².